The van der Waals surface area contributed by atoms with Gasteiger partial charge in [-0.3, -0.25) is 4.98 Å². The van der Waals surface area contributed by atoms with E-state index in [1.807, 2.05) is 18.2 Å². The van der Waals surface area contributed by atoms with Crippen LogP contribution in [0.1, 0.15) is 0 Å². The number of rotatable bonds is 0. The first-order valence-corrected chi connectivity index (χ1v) is 5.13. The van der Waals surface area contributed by atoms with E-state index in [1.54, 1.807) is 6.20 Å². The molecule has 0 amide bonds. The number of pyridine rings is 1. The quantitative estimate of drug-likeness (QED) is 0.760. The molecule has 2 rings (SSSR count). The van der Waals surface area contributed by atoms with Gasteiger partial charge < -0.3 is 5.73 Å². The topological polar surface area (TPSA) is 38.9 Å². The van der Waals surface area contributed by atoms with Crippen LogP contribution in [0.4, 0.5) is 5.69 Å². The summed E-state index contributed by atoms with van der Waals surface area (Å²) in [7, 11) is 0. The Morgan fingerprint density at radius 2 is 2.15 bits per heavy atom. The van der Waals surface area contributed by atoms with E-state index in [4.69, 9.17) is 17.3 Å². The summed E-state index contributed by atoms with van der Waals surface area (Å²) in [6.07, 6.45) is 1.76. The molecule has 0 aliphatic heterocycles. The first kappa shape index (κ1) is 9.02. The molecule has 2 aromatic rings. The Morgan fingerprint density at radius 3 is 2.92 bits per heavy atom. The van der Waals surface area contributed by atoms with Gasteiger partial charge in [0.05, 0.1) is 14.8 Å². The van der Waals surface area contributed by atoms with E-state index in [-0.39, 0.29) is 0 Å². The second-order valence-electron chi connectivity index (χ2n) is 2.68. The minimum Gasteiger partial charge on any atom is -0.397 e. The average Bonchev–Trinajstić information content (AvgIpc) is 2.12. The van der Waals surface area contributed by atoms with Crippen LogP contribution in [0.15, 0.2) is 24.4 Å². The highest BCUT2D eigenvalue weighted by atomic mass is 127. The van der Waals surface area contributed by atoms with Gasteiger partial charge in [-0.15, -0.1) is 0 Å². The molecule has 0 aliphatic rings. The average molecular weight is 305 g/mol. The van der Waals surface area contributed by atoms with E-state index in [0.29, 0.717) is 5.02 Å². The molecule has 0 atom stereocenters. The molecule has 0 saturated carbocycles. The molecule has 4 heteroatoms. The lowest BCUT2D eigenvalue weighted by Crippen LogP contribution is -1.92. The first-order chi connectivity index (χ1) is 6.18. The minimum absolute atomic E-state index is 0.683. The number of hydrogen-bond donors (Lipinski definition) is 1. The molecular formula is C9H6ClIN2. The van der Waals surface area contributed by atoms with Crippen LogP contribution in [0, 0.1) is 3.57 Å². The maximum absolute atomic E-state index is 5.88. The fourth-order valence-electron chi connectivity index (χ4n) is 1.16. The van der Waals surface area contributed by atoms with Crippen molar-refractivity contribution in [2.24, 2.45) is 0 Å². The molecule has 0 radical (unpaired) electrons. The summed E-state index contributed by atoms with van der Waals surface area (Å²) in [6.45, 7) is 0. The normalized spacial score (nSPS) is 10.6. The number of nitrogens with zero attached hydrogens (tertiary/aromatic N) is 1. The molecule has 0 spiro atoms. The minimum atomic E-state index is 0.683. The second kappa shape index (κ2) is 3.31. The fraction of sp³-hybridized carbons (Fsp3) is 0. The van der Waals surface area contributed by atoms with Crippen LogP contribution in [-0.4, -0.2) is 4.98 Å². The van der Waals surface area contributed by atoms with Gasteiger partial charge in [-0.05, 0) is 40.8 Å². The van der Waals surface area contributed by atoms with Gasteiger partial charge in [-0.25, -0.2) is 0 Å². The lowest BCUT2D eigenvalue weighted by molar-refractivity contribution is 1.39. The van der Waals surface area contributed by atoms with Crippen LogP contribution in [0.2, 0.25) is 5.02 Å². The number of aromatic nitrogens is 1. The summed E-state index contributed by atoms with van der Waals surface area (Å²) >= 11 is 8.01. The van der Waals surface area contributed by atoms with E-state index in [2.05, 4.69) is 27.6 Å². The molecule has 0 aliphatic carbocycles. The number of nitrogen functional groups attached to an aromatic ring is 1. The van der Waals surface area contributed by atoms with Crippen molar-refractivity contribution in [3.63, 3.8) is 0 Å². The van der Waals surface area contributed by atoms with Crippen molar-refractivity contribution in [3.8, 4) is 0 Å². The van der Waals surface area contributed by atoms with Gasteiger partial charge in [0.1, 0.15) is 0 Å². The van der Waals surface area contributed by atoms with Gasteiger partial charge in [0.2, 0.25) is 0 Å². The van der Waals surface area contributed by atoms with E-state index >= 15 is 0 Å². The number of hydrogen-bond acceptors (Lipinski definition) is 2. The third kappa shape index (κ3) is 1.58. The van der Waals surface area contributed by atoms with Crippen molar-refractivity contribution >= 4 is 50.8 Å². The zero-order chi connectivity index (χ0) is 9.42. The molecule has 1 aromatic heterocycles. The highest BCUT2D eigenvalue weighted by molar-refractivity contribution is 14.1. The Hall–Kier alpha value is -0.550. The lowest BCUT2D eigenvalue weighted by atomic mass is 10.2. The highest BCUT2D eigenvalue weighted by Crippen LogP contribution is 2.26. The Kier molecular flexibility index (Phi) is 2.29. The lowest BCUT2D eigenvalue weighted by Gasteiger charge is -2.03. The zero-order valence-electron chi connectivity index (χ0n) is 6.59. The maximum Gasteiger partial charge on any atom is 0.0724 e. The first-order valence-electron chi connectivity index (χ1n) is 3.68. The molecule has 0 fully saturated rings. The van der Waals surface area contributed by atoms with E-state index in [9.17, 15) is 0 Å². The smallest absolute Gasteiger partial charge is 0.0724 e. The molecular weight excluding hydrogens is 298 g/mol. The van der Waals surface area contributed by atoms with Crippen molar-refractivity contribution in [1.29, 1.82) is 0 Å². The maximum atomic E-state index is 5.88. The third-order valence-electron chi connectivity index (χ3n) is 1.82. The predicted molar refractivity (Wildman–Crippen MR) is 63.9 cm³/mol. The Balaban J connectivity index is 2.89. The molecule has 0 saturated heterocycles. The molecule has 0 bridgehead atoms. The predicted octanol–water partition coefficient (Wildman–Crippen LogP) is 3.08. The van der Waals surface area contributed by atoms with Crippen molar-refractivity contribution in [3.05, 3.63) is 33.0 Å². The SMILES string of the molecule is Nc1c(I)cnc2ccc(Cl)cc12. The zero-order valence-corrected chi connectivity index (χ0v) is 9.50. The van der Waals surface area contributed by atoms with Crippen LogP contribution < -0.4 is 5.73 Å². The molecule has 2 N–H and O–H groups in total. The van der Waals surface area contributed by atoms with Gasteiger partial charge in [0.15, 0.2) is 0 Å². The molecule has 1 aromatic carbocycles. The summed E-state index contributed by atoms with van der Waals surface area (Å²) in [5.41, 5.74) is 7.50. The molecule has 13 heavy (non-hydrogen) atoms. The number of halogens is 2. The molecule has 0 unspecified atom stereocenters. The molecule has 1 heterocycles. The van der Waals surface area contributed by atoms with Crippen LogP contribution >= 0.6 is 34.2 Å². The van der Waals surface area contributed by atoms with Crippen molar-refractivity contribution < 1.29 is 0 Å². The Bertz CT molecular complexity index is 465. The number of benzene rings is 1. The summed E-state index contributed by atoms with van der Waals surface area (Å²) in [5, 5.41) is 1.60. The van der Waals surface area contributed by atoms with Crippen LogP contribution in [-0.2, 0) is 0 Å². The van der Waals surface area contributed by atoms with E-state index in [1.165, 1.54) is 0 Å². The van der Waals surface area contributed by atoms with E-state index < -0.39 is 0 Å². The number of fused-ring (bicyclic) bond motifs is 1. The van der Waals surface area contributed by atoms with Crippen LogP contribution in [0.5, 0.6) is 0 Å². The van der Waals surface area contributed by atoms with Crippen molar-refractivity contribution in [2.45, 2.75) is 0 Å². The number of nitrogens with two attached hydrogens (primary N) is 1. The number of anilines is 1. The van der Waals surface area contributed by atoms with E-state index in [0.717, 1.165) is 20.2 Å². The Labute approximate surface area is 94.2 Å². The van der Waals surface area contributed by atoms with Gasteiger partial charge in [-0.2, -0.15) is 0 Å². The highest BCUT2D eigenvalue weighted by Gasteiger charge is 2.03. The monoisotopic (exact) mass is 304 g/mol. The Morgan fingerprint density at radius 1 is 1.38 bits per heavy atom. The molecule has 66 valence electrons. The summed E-state index contributed by atoms with van der Waals surface area (Å²) in [6, 6.07) is 5.51. The van der Waals surface area contributed by atoms with Gasteiger partial charge in [-0.1, -0.05) is 11.6 Å². The fourth-order valence-corrected chi connectivity index (χ4v) is 1.76. The van der Waals surface area contributed by atoms with Gasteiger partial charge in [0.25, 0.3) is 0 Å². The molecule has 2 nitrogen and oxygen atoms in total. The summed E-state index contributed by atoms with van der Waals surface area (Å²) in [4.78, 5) is 4.24. The van der Waals surface area contributed by atoms with Crippen molar-refractivity contribution in [2.75, 3.05) is 5.73 Å². The second-order valence-corrected chi connectivity index (χ2v) is 4.28. The van der Waals surface area contributed by atoms with Gasteiger partial charge >= 0.3 is 0 Å². The largest absolute Gasteiger partial charge is 0.397 e. The summed E-state index contributed by atoms with van der Waals surface area (Å²) in [5.74, 6) is 0. The third-order valence-corrected chi connectivity index (χ3v) is 2.92. The van der Waals surface area contributed by atoms with Crippen LogP contribution in [0.25, 0.3) is 10.9 Å². The van der Waals surface area contributed by atoms with Crippen LogP contribution in [0.3, 0.4) is 0 Å². The summed E-state index contributed by atoms with van der Waals surface area (Å²) < 4.78 is 0.951. The standard InChI is InChI=1S/C9H6ClIN2/c10-5-1-2-8-6(3-5)9(12)7(11)4-13-8/h1-4H,(H2,12,13). The van der Waals surface area contributed by atoms with Gasteiger partial charge in [0, 0.05) is 16.6 Å². The van der Waals surface area contributed by atoms with Crippen molar-refractivity contribution in [1.82, 2.24) is 4.98 Å².